The lowest BCUT2D eigenvalue weighted by atomic mass is 10.2. The van der Waals surface area contributed by atoms with E-state index in [2.05, 4.69) is 21.2 Å². The third-order valence-corrected chi connectivity index (χ3v) is 2.99. The minimum atomic E-state index is -0.420. The van der Waals surface area contributed by atoms with Crippen LogP contribution in [0.15, 0.2) is 46.9 Å². The molecular weight excluding hydrogens is 296 g/mol. The topological polar surface area (TPSA) is 56.0 Å². The molecule has 0 aliphatic rings. The number of amides is 1. The molecule has 0 atom stereocenters. The van der Waals surface area contributed by atoms with E-state index in [1.807, 2.05) is 12.1 Å². The molecule has 2 rings (SSSR count). The summed E-state index contributed by atoms with van der Waals surface area (Å²) in [5.41, 5.74) is 1.21. The summed E-state index contributed by atoms with van der Waals surface area (Å²) in [7, 11) is 0. The third-order valence-electron chi connectivity index (χ3n) is 2.47. The fourth-order valence-electron chi connectivity index (χ4n) is 1.50. The number of benzene rings is 1. The first-order valence-corrected chi connectivity index (χ1v) is 6.13. The molecule has 0 bridgehead atoms. The van der Waals surface area contributed by atoms with E-state index in [9.17, 15) is 10.0 Å². The zero-order chi connectivity index (χ0) is 13.1. The van der Waals surface area contributed by atoms with E-state index < -0.39 is 5.91 Å². The summed E-state index contributed by atoms with van der Waals surface area (Å²) in [6.45, 7) is 1.66. The minimum absolute atomic E-state index is 0.0814. The van der Waals surface area contributed by atoms with Crippen molar-refractivity contribution >= 4 is 27.5 Å². The zero-order valence-corrected chi connectivity index (χ0v) is 11.3. The van der Waals surface area contributed by atoms with Gasteiger partial charge in [0.1, 0.15) is 0 Å². The van der Waals surface area contributed by atoms with Crippen molar-refractivity contribution in [3.05, 3.63) is 63.5 Å². The Kier molecular flexibility index (Phi) is 3.62. The van der Waals surface area contributed by atoms with Crippen LogP contribution in [0.1, 0.15) is 16.2 Å². The maximum absolute atomic E-state index is 11.9. The van der Waals surface area contributed by atoms with E-state index in [1.165, 1.54) is 6.07 Å². The first-order chi connectivity index (χ1) is 8.58. The standard InChI is InChI=1S/C13H11BrN2O2/c1-9-3-2-4-12(16(9)18)13(17)15-11-7-5-10(14)6-8-11/h2-8H,1H3,(H,15,17). The Morgan fingerprint density at radius 1 is 1.22 bits per heavy atom. The molecule has 5 heteroatoms. The number of carbonyl (C=O) groups excluding carboxylic acids is 1. The lowest BCUT2D eigenvalue weighted by Crippen LogP contribution is -2.39. The highest BCUT2D eigenvalue weighted by molar-refractivity contribution is 9.10. The molecule has 0 unspecified atom stereocenters. The van der Waals surface area contributed by atoms with Gasteiger partial charge in [-0.2, -0.15) is 4.73 Å². The molecule has 1 heterocycles. The van der Waals surface area contributed by atoms with Gasteiger partial charge in [0.25, 0.3) is 5.69 Å². The monoisotopic (exact) mass is 306 g/mol. The number of anilines is 1. The quantitative estimate of drug-likeness (QED) is 0.685. The molecule has 0 spiro atoms. The summed E-state index contributed by atoms with van der Waals surface area (Å²) in [6, 6.07) is 12.0. The number of nitrogens with one attached hydrogen (secondary N) is 1. The highest BCUT2D eigenvalue weighted by Gasteiger charge is 2.16. The number of hydrogen-bond donors (Lipinski definition) is 1. The van der Waals surface area contributed by atoms with Crippen LogP contribution >= 0.6 is 15.9 Å². The molecule has 1 amide bonds. The average Bonchev–Trinajstić information content (AvgIpc) is 2.35. The van der Waals surface area contributed by atoms with E-state index in [1.54, 1.807) is 31.2 Å². The van der Waals surface area contributed by atoms with Gasteiger partial charge in [-0.25, -0.2) is 0 Å². The summed E-state index contributed by atoms with van der Waals surface area (Å²) in [5.74, 6) is -0.420. The van der Waals surface area contributed by atoms with E-state index in [0.717, 1.165) is 4.47 Å². The molecule has 92 valence electrons. The Labute approximate surface area is 113 Å². The largest absolute Gasteiger partial charge is 0.618 e. The van der Waals surface area contributed by atoms with E-state index in [-0.39, 0.29) is 5.69 Å². The number of aromatic nitrogens is 1. The number of nitrogens with zero attached hydrogens (tertiary/aromatic N) is 1. The van der Waals surface area contributed by atoms with Gasteiger partial charge in [-0.3, -0.25) is 4.79 Å². The van der Waals surface area contributed by atoms with Crippen LogP contribution in [0, 0.1) is 12.1 Å². The summed E-state index contributed by atoms with van der Waals surface area (Å²) < 4.78 is 1.55. The van der Waals surface area contributed by atoms with Gasteiger partial charge < -0.3 is 10.5 Å². The van der Waals surface area contributed by atoms with Crippen LogP contribution < -0.4 is 10.0 Å². The van der Waals surface area contributed by atoms with Crippen LogP contribution in [-0.4, -0.2) is 5.91 Å². The van der Waals surface area contributed by atoms with Gasteiger partial charge >= 0.3 is 5.91 Å². The van der Waals surface area contributed by atoms with Gasteiger partial charge in [-0.1, -0.05) is 15.9 Å². The predicted molar refractivity (Wildman–Crippen MR) is 72.2 cm³/mol. The Balaban J connectivity index is 2.22. The molecule has 0 radical (unpaired) electrons. The number of pyridine rings is 1. The minimum Gasteiger partial charge on any atom is -0.618 e. The molecule has 0 aliphatic carbocycles. The van der Waals surface area contributed by atoms with Crippen molar-refractivity contribution in [2.75, 3.05) is 5.32 Å². The van der Waals surface area contributed by atoms with Crippen molar-refractivity contribution in [2.24, 2.45) is 0 Å². The van der Waals surface area contributed by atoms with Gasteiger partial charge in [0, 0.05) is 29.2 Å². The van der Waals surface area contributed by atoms with Crippen LogP contribution in [0.5, 0.6) is 0 Å². The molecule has 1 aromatic carbocycles. The number of rotatable bonds is 2. The maximum atomic E-state index is 11.9. The van der Waals surface area contributed by atoms with E-state index >= 15 is 0 Å². The fraction of sp³-hybridized carbons (Fsp3) is 0.0769. The first kappa shape index (κ1) is 12.6. The van der Waals surface area contributed by atoms with Crippen LogP contribution in [0.25, 0.3) is 0 Å². The lowest BCUT2D eigenvalue weighted by Gasteiger charge is -2.07. The second-order valence-corrected chi connectivity index (χ2v) is 4.72. The molecule has 1 aromatic heterocycles. The van der Waals surface area contributed by atoms with Crippen molar-refractivity contribution in [2.45, 2.75) is 6.92 Å². The zero-order valence-electron chi connectivity index (χ0n) is 9.68. The molecule has 4 nitrogen and oxygen atoms in total. The molecule has 18 heavy (non-hydrogen) atoms. The number of halogens is 1. The summed E-state index contributed by atoms with van der Waals surface area (Å²) in [4.78, 5) is 11.9. The first-order valence-electron chi connectivity index (χ1n) is 5.34. The molecule has 2 aromatic rings. The number of hydrogen-bond acceptors (Lipinski definition) is 2. The molecule has 0 aliphatic heterocycles. The van der Waals surface area contributed by atoms with Crippen molar-refractivity contribution in [3.63, 3.8) is 0 Å². The summed E-state index contributed by atoms with van der Waals surface area (Å²) in [5, 5.41) is 14.4. The van der Waals surface area contributed by atoms with E-state index in [4.69, 9.17) is 0 Å². The summed E-state index contributed by atoms with van der Waals surface area (Å²) in [6.07, 6.45) is 0. The average molecular weight is 307 g/mol. The number of aryl methyl sites for hydroxylation is 1. The van der Waals surface area contributed by atoms with E-state index in [0.29, 0.717) is 16.1 Å². The van der Waals surface area contributed by atoms with Gasteiger partial charge in [0.15, 0.2) is 5.69 Å². The van der Waals surface area contributed by atoms with Gasteiger partial charge in [0.05, 0.1) is 0 Å². The van der Waals surface area contributed by atoms with Crippen molar-refractivity contribution < 1.29 is 9.52 Å². The summed E-state index contributed by atoms with van der Waals surface area (Å²) >= 11 is 3.31. The smallest absolute Gasteiger partial charge is 0.321 e. The molecule has 0 fully saturated rings. The maximum Gasteiger partial charge on any atom is 0.321 e. The second-order valence-electron chi connectivity index (χ2n) is 3.81. The molecule has 1 N–H and O–H groups in total. The van der Waals surface area contributed by atoms with Crippen LogP contribution in [0.3, 0.4) is 0 Å². The number of carbonyl (C=O) groups is 1. The Morgan fingerprint density at radius 2 is 1.89 bits per heavy atom. The van der Waals surface area contributed by atoms with Gasteiger partial charge in [0.2, 0.25) is 0 Å². The van der Waals surface area contributed by atoms with Gasteiger partial charge in [-0.15, -0.1) is 0 Å². The highest BCUT2D eigenvalue weighted by atomic mass is 79.9. The van der Waals surface area contributed by atoms with Crippen molar-refractivity contribution in [1.29, 1.82) is 0 Å². The Morgan fingerprint density at radius 3 is 2.56 bits per heavy atom. The SMILES string of the molecule is Cc1cccc(C(=O)Nc2ccc(Br)cc2)[n+]1[O-]. The second kappa shape index (κ2) is 5.18. The molecular formula is C13H11BrN2O2. The van der Waals surface area contributed by atoms with Crippen molar-refractivity contribution in [1.82, 2.24) is 0 Å². The van der Waals surface area contributed by atoms with Crippen LogP contribution in [0.2, 0.25) is 0 Å². The van der Waals surface area contributed by atoms with Crippen LogP contribution in [0.4, 0.5) is 5.69 Å². The molecule has 0 saturated carbocycles. The van der Waals surface area contributed by atoms with Crippen molar-refractivity contribution in [3.8, 4) is 0 Å². The highest BCUT2D eigenvalue weighted by Crippen LogP contribution is 2.14. The Hall–Kier alpha value is -1.88. The predicted octanol–water partition coefficient (Wildman–Crippen LogP) is 2.64. The molecule has 0 saturated heterocycles. The van der Waals surface area contributed by atoms with Crippen LogP contribution in [-0.2, 0) is 0 Å². The third kappa shape index (κ3) is 2.68. The lowest BCUT2D eigenvalue weighted by molar-refractivity contribution is -0.614. The Bertz CT molecular complexity index is 582. The van der Waals surface area contributed by atoms with Gasteiger partial charge in [-0.05, 0) is 30.3 Å². The fourth-order valence-corrected chi connectivity index (χ4v) is 1.76. The normalized spacial score (nSPS) is 10.1.